The quantitative estimate of drug-likeness (QED) is 0.537. The van der Waals surface area contributed by atoms with Crippen LogP contribution < -0.4 is 15.6 Å². The van der Waals surface area contributed by atoms with Crippen molar-refractivity contribution in [1.82, 2.24) is 15.2 Å². The first kappa shape index (κ1) is 25.6. The van der Waals surface area contributed by atoms with E-state index in [9.17, 15) is 9.59 Å². The Morgan fingerprint density at radius 3 is 2.30 bits per heavy atom. The van der Waals surface area contributed by atoms with Gasteiger partial charge in [-0.15, -0.1) is 0 Å². The van der Waals surface area contributed by atoms with Crippen LogP contribution in [0.15, 0.2) is 23.0 Å². The smallest absolute Gasteiger partial charge is 0.251 e. The summed E-state index contributed by atoms with van der Waals surface area (Å²) in [6, 6.07) is 6.16. The number of hydrogen-bond donors (Lipinski definition) is 2. The number of aromatic amines is 1. The summed E-state index contributed by atoms with van der Waals surface area (Å²) in [5, 5.41) is 3.61. The van der Waals surface area contributed by atoms with Crippen molar-refractivity contribution in [3.8, 4) is 0 Å². The van der Waals surface area contributed by atoms with Gasteiger partial charge < -0.3 is 20.1 Å². The zero-order valence-electron chi connectivity index (χ0n) is 20.1. The molecule has 1 saturated carbocycles. The lowest BCUT2D eigenvalue weighted by molar-refractivity contribution is 0.0950. The average Bonchev–Trinajstić information content (AvgIpc) is 2.75. The molecule has 1 aliphatic rings. The van der Waals surface area contributed by atoms with Gasteiger partial charge in [0, 0.05) is 53.2 Å². The fraction of sp³-hybridized carbons (Fsp3) is 0.520. The van der Waals surface area contributed by atoms with Crippen molar-refractivity contribution < 1.29 is 4.79 Å². The van der Waals surface area contributed by atoms with E-state index in [0.717, 1.165) is 43.5 Å². The third-order valence-electron chi connectivity index (χ3n) is 6.72. The highest BCUT2D eigenvalue weighted by Gasteiger charge is 2.28. The second kappa shape index (κ2) is 10.9. The molecule has 3 rings (SSSR count). The minimum Gasteiger partial charge on any atom is -0.369 e. The van der Waals surface area contributed by atoms with Crippen LogP contribution in [0.4, 0.5) is 5.69 Å². The number of carbonyl (C=O) groups is 1. The molecule has 1 amide bonds. The second-order valence-corrected chi connectivity index (χ2v) is 9.92. The van der Waals surface area contributed by atoms with Crippen LogP contribution in [0.2, 0.25) is 10.2 Å². The van der Waals surface area contributed by atoms with E-state index in [1.54, 1.807) is 13.0 Å². The first-order valence-electron chi connectivity index (χ1n) is 11.5. The topological polar surface area (TPSA) is 68.4 Å². The van der Waals surface area contributed by atoms with E-state index < -0.39 is 0 Å². The maximum Gasteiger partial charge on any atom is 0.251 e. The number of nitrogens with one attached hydrogen (secondary N) is 2. The molecule has 1 aliphatic carbocycles. The number of nitrogens with zero attached hydrogens (tertiary/aromatic N) is 2. The van der Waals surface area contributed by atoms with Gasteiger partial charge in [0.15, 0.2) is 5.43 Å². The van der Waals surface area contributed by atoms with Crippen molar-refractivity contribution in [1.29, 1.82) is 0 Å². The van der Waals surface area contributed by atoms with Crippen LogP contribution in [0.5, 0.6) is 0 Å². The highest BCUT2D eigenvalue weighted by molar-refractivity contribution is 6.31. The fourth-order valence-electron chi connectivity index (χ4n) is 4.82. The third-order valence-corrected chi connectivity index (χ3v) is 7.26. The molecular formula is C25H34Cl2N4O2. The first-order valence-corrected chi connectivity index (χ1v) is 12.3. The molecule has 1 heterocycles. The number of H-pyrrole nitrogens is 1. The normalized spacial score (nSPS) is 18.4. The van der Waals surface area contributed by atoms with E-state index in [2.05, 4.69) is 41.1 Å². The third kappa shape index (κ3) is 5.92. The molecule has 2 N–H and O–H groups in total. The van der Waals surface area contributed by atoms with Gasteiger partial charge in [0.2, 0.25) is 0 Å². The van der Waals surface area contributed by atoms with E-state index in [1.807, 2.05) is 13.0 Å². The van der Waals surface area contributed by atoms with E-state index in [1.165, 1.54) is 6.07 Å². The minimum absolute atomic E-state index is 0.0423. The van der Waals surface area contributed by atoms with Gasteiger partial charge in [-0.2, -0.15) is 0 Å². The monoisotopic (exact) mass is 492 g/mol. The summed E-state index contributed by atoms with van der Waals surface area (Å²) in [5.41, 5.74) is 3.20. The highest BCUT2D eigenvalue weighted by atomic mass is 35.5. The molecule has 8 heteroatoms. The number of aromatic nitrogens is 1. The summed E-state index contributed by atoms with van der Waals surface area (Å²) >= 11 is 12.7. The van der Waals surface area contributed by atoms with Crippen molar-refractivity contribution in [2.45, 2.75) is 65.1 Å². The average molecular weight is 493 g/mol. The van der Waals surface area contributed by atoms with Gasteiger partial charge in [-0.1, -0.05) is 23.2 Å². The van der Waals surface area contributed by atoms with E-state index in [-0.39, 0.29) is 23.0 Å². The van der Waals surface area contributed by atoms with Crippen LogP contribution in [0.3, 0.4) is 0 Å². The zero-order chi connectivity index (χ0) is 24.3. The molecule has 0 radical (unpaired) electrons. The Hall–Kier alpha value is -2.02. The fourth-order valence-corrected chi connectivity index (χ4v) is 5.34. The van der Waals surface area contributed by atoms with Crippen molar-refractivity contribution in [3.63, 3.8) is 0 Å². The Labute approximate surface area is 206 Å². The molecule has 0 saturated heterocycles. The molecule has 180 valence electrons. The van der Waals surface area contributed by atoms with Crippen molar-refractivity contribution in [2.24, 2.45) is 0 Å². The molecule has 1 aromatic carbocycles. The lowest BCUT2D eigenvalue weighted by atomic mass is 9.89. The SMILES string of the molecule is CCN(c1cc(Cl)cc(C(=O)NCc2c(Cl)[nH]c(C)cc2=O)c1C)C1CCC(N(C)C)CC1. The van der Waals surface area contributed by atoms with Crippen LogP contribution in [0.25, 0.3) is 0 Å². The summed E-state index contributed by atoms with van der Waals surface area (Å²) in [7, 11) is 4.29. The van der Waals surface area contributed by atoms with E-state index in [0.29, 0.717) is 33.9 Å². The molecule has 0 bridgehead atoms. The summed E-state index contributed by atoms with van der Waals surface area (Å²) in [6.45, 7) is 6.75. The van der Waals surface area contributed by atoms with Crippen LogP contribution in [0, 0.1) is 13.8 Å². The van der Waals surface area contributed by atoms with E-state index in [4.69, 9.17) is 23.2 Å². The highest BCUT2D eigenvalue weighted by Crippen LogP contribution is 2.34. The molecule has 2 aromatic rings. The van der Waals surface area contributed by atoms with Gasteiger partial charge in [0.1, 0.15) is 5.15 Å². The van der Waals surface area contributed by atoms with Gasteiger partial charge in [-0.05, 0) is 78.2 Å². The molecule has 6 nitrogen and oxygen atoms in total. The Kier molecular flexibility index (Phi) is 8.48. The van der Waals surface area contributed by atoms with Crippen LogP contribution in [0.1, 0.15) is 59.8 Å². The number of benzene rings is 1. The Morgan fingerprint density at radius 2 is 1.73 bits per heavy atom. The van der Waals surface area contributed by atoms with Gasteiger partial charge in [0.05, 0.1) is 5.56 Å². The Morgan fingerprint density at radius 1 is 1.09 bits per heavy atom. The molecule has 0 atom stereocenters. The number of amides is 1. The van der Waals surface area contributed by atoms with Crippen molar-refractivity contribution >= 4 is 34.8 Å². The first-order chi connectivity index (χ1) is 15.6. The largest absolute Gasteiger partial charge is 0.369 e. The number of rotatable bonds is 7. The molecule has 1 aromatic heterocycles. The summed E-state index contributed by atoms with van der Waals surface area (Å²) in [6.07, 6.45) is 4.54. The van der Waals surface area contributed by atoms with Gasteiger partial charge in [0.25, 0.3) is 5.91 Å². The standard InChI is InChI=1S/C25H34Cl2N4O2/c1-6-31(19-9-7-18(8-10-19)30(4)5)22-13-17(26)12-20(16(22)3)25(33)28-14-21-23(32)11-15(2)29-24(21)27/h11-13,18-19H,6-10,14H2,1-5H3,(H,28,33)(H,29,32). The summed E-state index contributed by atoms with van der Waals surface area (Å²) in [5.74, 6) is -0.278. The molecule has 33 heavy (non-hydrogen) atoms. The lowest BCUT2D eigenvalue weighted by Crippen LogP contribution is -2.42. The molecule has 0 spiro atoms. The number of pyridine rings is 1. The van der Waals surface area contributed by atoms with Gasteiger partial charge in [-0.25, -0.2) is 0 Å². The van der Waals surface area contributed by atoms with Crippen molar-refractivity contribution in [2.75, 3.05) is 25.5 Å². The van der Waals surface area contributed by atoms with Crippen LogP contribution in [-0.2, 0) is 6.54 Å². The zero-order valence-corrected chi connectivity index (χ0v) is 21.6. The van der Waals surface area contributed by atoms with Gasteiger partial charge in [-0.3, -0.25) is 9.59 Å². The molecular weight excluding hydrogens is 459 g/mol. The molecule has 0 aliphatic heterocycles. The number of anilines is 1. The lowest BCUT2D eigenvalue weighted by Gasteiger charge is -2.40. The number of halogens is 2. The Bertz CT molecular complexity index is 1060. The van der Waals surface area contributed by atoms with Crippen molar-refractivity contribution in [3.05, 3.63) is 61.0 Å². The number of carbonyl (C=O) groups excluding carboxylic acids is 1. The maximum atomic E-state index is 13.1. The number of aryl methyl sites for hydroxylation is 1. The van der Waals surface area contributed by atoms with Crippen LogP contribution >= 0.6 is 23.2 Å². The van der Waals surface area contributed by atoms with E-state index >= 15 is 0 Å². The Balaban J connectivity index is 1.81. The van der Waals surface area contributed by atoms with Gasteiger partial charge >= 0.3 is 0 Å². The second-order valence-electron chi connectivity index (χ2n) is 9.10. The number of hydrogen-bond acceptors (Lipinski definition) is 4. The predicted molar refractivity (Wildman–Crippen MR) is 137 cm³/mol. The molecule has 1 fully saturated rings. The summed E-state index contributed by atoms with van der Waals surface area (Å²) < 4.78 is 0. The minimum atomic E-state index is -0.278. The molecule has 0 unspecified atom stereocenters. The maximum absolute atomic E-state index is 13.1. The predicted octanol–water partition coefficient (Wildman–Crippen LogP) is 4.93. The summed E-state index contributed by atoms with van der Waals surface area (Å²) in [4.78, 5) is 33.0. The van der Waals surface area contributed by atoms with Crippen LogP contribution in [-0.4, -0.2) is 48.5 Å².